The van der Waals surface area contributed by atoms with E-state index >= 15 is 0 Å². The van der Waals surface area contributed by atoms with Gasteiger partial charge in [-0.2, -0.15) is 4.98 Å². The van der Waals surface area contributed by atoms with E-state index in [0.29, 0.717) is 23.8 Å². The number of carbonyl (C=O) groups is 1. The SMILES string of the molecule is Cc1coc(-n2cc(COCC(C)C)cc(NC(=O)OC(C)(C)C)c2=O)n1. The minimum absolute atomic E-state index is 0.0609. The molecule has 2 rings (SSSR count). The maximum absolute atomic E-state index is 12.8. The van der Waals surface area contributed by atoms with Crippen LogP contribution in [0.5, 0.6) is 0 Å². The van der Waals surface area contributed by atoms with Crippen LogP contribution in [0, 0.1) is 12.8 Å². The quantitative estimate of drug-likeness (QED) is 0.825. The Morgan fingerprint density at radius 2 is 2.07 bits per heavy atom. The summed E-state index contributed by atoms with van der Waals surface area (Å²) in [6.45, 7) is 11.9. The van der Waals surface area contributed by atoms with Crippen molar-refractivity contribution in [1.29, 1.82) is 0 Å². The van der Waals surface area contributed by atoms with Crippen LogP contribution >= 0.6 is 0 Å². The van der Waals surface area contributed by atoms with Crippen LogP contribution in [-0.2, 0) is 16.1 Å². The number of carbonyl (C=O) groups excluding carboxylic acids is 1. The van der Waals surface area contributed by atoms with Gasteiger partial charge in [0.15, 0.2) is 0 Å². The molecule has 0 fully saturated rings. The predicted octanol–water partition coefficient (Wildman–Crippen LogP) is 3.65. The number of oxazole rings is 1. The molecule has 0 saturated carbocycles. The molecule has 0 atom stereocenters. The Bertz CT molecular complexity index is 846. The number of pyridine rings is 1. The lowest BCUT2D eigenvalue weighted by molar-refractivity contribution is 0.0635. The Kier molecular flexibility index (Phi) is 6.43. The number of nitrogens with zero attached hydrogens (tertiary/aromatic N) is 2. The summed E-state index contributed by atoms with van der Waals surface area (Å²) in [4.78, 5) is 29.0. The summed E-state index contributed by atoms with van der Waals surface area (Å²) in [5.41, 5.74) is 0.235. The van der Waals surface area contributed by atoms with Gasteiger partial charge in [0.05, 0.1) is 12.3 Å². The molecule has 0 unspecified atom stereocenters. The molecule has 2 aromatic rings. The average Bonchev–Trinajstić information content (AvgIpc) is 2.94. The molecular weight excluding hydrogens is 350 g/mol. The summed E-state index contributed by atoms with van der Waals surface area (Å²) in [6.07, 6.45) is 2.33. The molecule has 8 nitrogen and oxygen atoms in total. The predicted molar refractivity (Wildman–Crippen MR) is 101 cm³/mol. The molecule has 27 heavy (non-hydrogen) atoms. The van der Waals surface area contributed by atoms with Crippen LogP contribution < -0.4 is 10.9 Å². The highest BCUT2D eigenvalue weighted by molar-refractivity contribution is 5.84. The topological polar surface area (TPSA) is 95.6 Å². The van der Waals surface area contributed by atoms with Gasteiger partial charge in [0.1, 0.15) is 17.6 Å². The van der Waals surface area contributed by atoms with Gasteiger partial charge in [0, 0.05) is 12.8 Å². The summed E-state index contributed by atoms with van der Waals surface area (Å²) >= 11 is 0. The monoisotopic (exact) mass is 377 g/mol. The molecule has 1 N–H and O–H groups in total. The summed E-state index contributed by atoms with van der Waals surface area (Å²) < 4.78 is 17.5. The van der Waals surface area contributed by atoms with E-state index in [-0.39, 0.29) is 18.3 Å². The Labute approximate surface area is 158 Å². The van der Waals surface area contributed by atoms with E-state index in [2.05, 4.69) is 10.3 Å². The van der Waals surface area contributed by atoms with Crippen LogP contribution in [0.1, 0.15) is 45.9 Å². The molecule has 0 aromatic carbocycles. The fourth-order valence-electron chi connectivity index (χ4n) is 2.23. The molecule has 148 valence electrons. The zero-order valence-electron chi connectivity index (χ0n) is 16.7. The number of amides is 1. The Balaban J connectivity index is 2.35. The lowest BCUT2D eigenvalue weighted by Gasteiger charge is -2.20. The van der Waals surface area contributed by atoms with Crippen molar-refractivity contribution in [3.8, 4) is 6.01 Å². The van der Waals surface area contributed by atoms with Gasteiger partial charge in [-0.05, 0) is 45.2 Å². The summed E-state index contributed by atoms with van der Waals surface area (Å²) in [5.74, 6) is 0.379. The van der Waals surface area contributed by atoms with Crippen molar-refractivity contribution in [2.75, 3.05) is 11.9 Å². The summed E-state index contributed by atoms with van der Waals surface area (Å²) in [7, 11) is 0. The number of hydrogen-bond donors (Lipinski definition) is 1. The lowest BCUT2D eigenvalue weighted by atomic mass is 10.2. The van der Waals surface area contributed by atoms with Crippen LogP contribution in [0.4, 0.5) is 10.5 Å². The largest absolute Gasteiger partial charge is 0.444 e. The molecule has 1 amide bonds. The third-order valence-electron chi connectivity index (χ3n) is 3.24. The Hall–Kier alpha value is -2.61. The van der Waals surface area contributed by atoms with Gasteiger partial charge in [-0.1, -0.05) is 13.8 Å². The number of nitrogens with one attached hydrogen (secondary N) is 1. The first-order chi connectivity index (χ1) is 12.5. The van der Waals surface area contributed by atoms with E-state index in [1.54, 1.807) is 40.0 Å². The van der Waals surface area contributed by atoms with Gasteiger partial charge < -0.3 is 13.9 Å². The van der Waals surface area contributed by atoms with Gasteiger partial charge >= 0.3 is 12.1 Å². The highest BCUT2D eigenvalue weighted by Gasteiger charge is 2.19. The number of aryl methyl sites for hydroxylation is 1. The third-order valence-corrected chi connectivity index (χ3v) is 3.24. The number of ether oxygens (including phenoxy) is 2. The van der Waals surface area contributed by atoms with Crippen molar-refractivity contribution in [2.24, 2.45) is 5.92 Å². The van der Waals surface area contributed by atoms with Crippen molar-refractivity contribution >= 4 is 11.8 Å². The molecule has 8 heteroatoms. The van der Waals surface area contributed by atoms with Crippen LogP contribution in [0.3, 0.4) is 0 Å². The number of aromatic nitrogens is 2. The number of anilines is 1. The number of rotatable bonds is 6. The zero-order valence-corrected chi connectivity index (χ0v) is 16.7. The maximum Gasteiger partial charge on any atom is 0.412 e. The molecule has 0 aliphatic heterocycles. The lowest BCUT2D eigenvalue weighted by Crippen LogP contribution is -2.31. The molecule has 2 aromatic heterocycles. The molecule has 0 radical (unpaired) electrons. The molecular formula is C19H27N3O5. The first kappa shape index (κ1) is 20.7. The second-order valence-corrected chi connectivity index (χ2v) is 7.74. The highest BCUT2D eigenvalue weighted by atomic mass is 16.6. The average molecular weight is 377 g/mol. The van der Waals surface area contributed by atoms with Crippen molar-refractivity contribution in [1.82, 2.24) is 9.55 Å². The van der Waals surface area contributed by atoms with E-state index in [1.165, 1.54) is 10.8 Å². The van der Waals surface area contributed by atoms with E-state index in [9.17, 15) is 9.59 Å². The van der Waals surface area contributed by atoms with Crippen LogP contribution in [0.15, 0.2) is 27.7 Å². The minimum Gasteiger partial charge on any atom is -0.444 e. The van der Waals surface area contributed by atoms with Crippen LogP contribution in [0.2, 0.25) is 0 Å². The summed E-state index contributed by atoms with van der Waals surface area (Å²) in [5, 5.41) is 2.50. The molecule has 0 bridgehead atoms. The normalized spacial score (nSPS) is 11.7. The van der Waals surface area contributed by atoms with E-state index in [0.717, 1.165) is 0 Å². The van der Waals surface area contributed by atoms with Gasteiger partial charge in [-0.25, -0.2) is 9.36 Å². The second kappa shape index (κ2) is 8.39. The fourth-order valence-corrected chi connectivity index (χ4v) is 2.23. The maximum atomic E-state index is 12.8. The molecule has 0 saturated heterocycles. The second-order valence-electron chi connectivity index (χ2n) is 7.74. The zero-order chi connectivity index (χ0) is 20.2. The van der Waals surface area contributed by atoms with E-state index < -0.39 is 17.3 Å². The highest BCUT2D eigenvalue weighted by Crippen LogP contribution is 2.14. The van der Waals surface area contributed by atoms with Crippen molar-refractivity contribution in [2.45, 2.75) is 53.8 Å². The van der Waals surface area contributed by atoms with Crippen molar-refractivity contribution in [3.63, 3.8) is 0 Å². The van der Waals surface area contributed by atoms with Crippen LogP contribution in [-0.4, -0.2) is 27.9 Å². The first-order valence-corrected chi connectivity index (χ1v) is 8.81. The van der Waals surface area contributed by atoms with Crippen molar-refractivity contribution in [3.05, 3.63) is 40.1 Å². The molecule has 2 heterocycles. The van der Waals surface area contributed by atoms with E-state index in [1.807, 2.05) is 13.8 Å². The smallest absolute Gasteiger partial charge is 0.412 e. The first-order valence-electron chi connectivity index (χ1n) is 8.81. The Morgan fingerprint density at radius 3 is 2.63 bits per heavy atom. The third kappa shape index (κ3) is 6.25. The van der Waals surface area contributed by atoms with Gasteiger partial charge in [-0.3, -0.25) is 10.1 Å². The minimum atomic E-state index is -0.713. The van der Waals surface area contributed by atoms with Gasteiger partial charge in [-0.15, -0.1) is 0 Å². The summed E-state index contributed by atoms with van der Waals surface area (Å²) in [6, 6.07) is 1.69. The standard InChI is InChI=1S/C19H27N3O5/c1-12(2)9-25-11-14-7-15(21-18(24)27-19(4,5)6)16(23)22(8-14)17-20-13(3)10-26-17/h7-8,10,12H,9,11H2,1-6H3,(H,21,24). The fraction of sp³-hybridized carbons (Fsp3) is 0.526. The Morgan fingerprint density at radius 1 is 1.37 bits per heavy atom. The van der Waals surface area contributed by atoms with Gasteiger partial charge in [0.2, 0.25) is 0 Å². The van der Waals surface area contributed by atoms with Crippen LogP contribution in [0.25, 0.3) is 6.01 Å². The number of hydrogen-bond acceptors (Lipinski definition) is 6. The molecule has 0 aliphatic carbocycles. The van der Waals surface area contributed by atoms with Gasteiger partial charge in [0.25, 0.3) is 5.56 Å². The van der Waals surface area contributed by atoms with E-state index in [4.69, 9.17) is 13.9 Å². The molecule has 0 aliphatic rings. The van der Waals surface area contributed by atoms with Crippen molar-refractivity contribution < 1.29 is 18.7 Å². The molecule has 0 spiro atoms.